The number of para-hydroxylation sites is 2. The predicted molar refractivity (Wildman–Crippen MR) is 50.7 cm³/mol. The molecule has 15 heavy (non-hydrogen) atoms. The van der Waals surface area contributed by atoms with Gasteiger partial charge < -0.3 is 9.84 Å². The summed E-state index contributed by atoms with van der Waals surface area (Å²) < 4.78 is 4.90. The molecule has 1 aromatic carbocycles. The van der Waals surface area contributed by atoms with E-state index in [1.807, 2.05) is 0 Å². The quantitative estimate of drug-likeness (QED) is 0.566. The molecule has 6 heteroatoms. The molecule has 0 atom stereocenters. The highest BCUT2D eigenvalue weighted by Gasteiger charge is 2.14. The van der Waals surface area contributed by atoms with Crippen LogP contribution in [0.25, 0.3) is 0 Å². The summed E-state index contributed by atoms with van der Waals surface area (Å²) in [6.07, 6.45) is 0. The smallest absolute Gasteiger partial charge is 0.310 e. The fourth-order valence-electron chi connectivity index (χ4n) is 0.934. The molecule has 1 aromatic rings. The Balaban J connectivity index is 2.76. The van der Waals surface area contributed by atoms with Gasteiger partial charge in [-0.15, -0.1) is 0 Å². The Morgan fingerprint density at radius 2 is 2.13 bits per heavy atom. The zero-order chi connectivity index (χ0) is 11.3. The highest BCUT2D eigenvalue weighted by Crippen LogP contribution is 2.25. The van der Waals surface area contributed by atoms with Crippen LogP contribution in [0.5, 0.6) is 5.75 Å². The number of ether oxygens (including phenoxy) is 1. The van der Waals surface area contributed by atoms with Crippen molar-refractivity contribution in [2.45, 2.75) is 0 Å². The lowest BCUT2D eigenvalue weighted by molar-refractivity contribution is -0.385. The Morgan fingerprint density at radius 3 is 2.73 bits per heavy atom. The van der Waals surface area contributed by atoms with Crippen molar-refractivity contribution in [1.82, 2.24) is 0 Å². The van der Waals surface area contributed by atoms with Crippen LogP contribution < -0.4 is 4.74 Å². The summed E-state index contributed by atoms with van der Waals surface area (Å²) in [5.74, 6) is -0.516. The average molecular weight is 211 g/mol. The van der Waals surface area contributed by atoms with Crippen LogP contribution >= 0.6 is 0 Å². The summed E-state index contributed by atoms with van der Waals surface area (Å²) in [6, 6.07) is 5.73. The molecule has 0 radical (unpaired) electrons. The summed E-state index contributed by atoms with van der Waals surface area (Å²) in [7, 11) is 0. The number of nitro benzene ring substituents is 1. The van der Waals surface area contributed by atoms with Crippen LogP contribution in [0.2, 0.25) is 0 Å². The first-order chi connectivity index (χ1) is 7.15. The predicted octanol–water partition coefficient (Wildman–Crippen LogP) is 0.535. The fourth-order valence-corrected chi connectivity index (χ4v) is 0.934. The Bertz CT molecular complexity index is 377. The van der Waals surface area contributed by atoms with Crippen LogP contribution in [0.3, 0.4) is 0 Å². The minimum Gasteiger partial charge on any atom is -0.479 e. The molecule has 1 N–H and O–H groups in total. The van der Waals surface area contributed by atoms with Gasteiger partial charge in [0, 0.05) is 6.07 Å². The van der Waals surface area contributed by atoms with E-state index < -0.39 is 17.3 Å². The maximum absolute atomic E-state index is 10.7. The zero-order valence-corrected chi connectivity index (χ0v) is 7.75. The Kier molecular flexibility index (Phi) is 3.75. The number of carbonyl (C=O) groups excluding carboxylic acids is 1. The number of aliphatic hydroxyl groups excluding tert-OH is 1. The van der Waals surface area contributed by atoms with Crippen molar-refractivity contribution in [1.29, 1.82) is 0 Å². The minimum atomic E-state index is -0.638. The molecule has 0 spiro atoms. The average Bonchev–Trinajstić information content (AvgIpc) is 2.26. The number of aliphatic hydroxyl groups is 1. The van der Waals surface area contributed by atoms with Crippen LogP contribution in [0.1, 0.15) is 0 Å². The van der Waals surface area contributed by atoms with E-state index in [0.717, 1.165) is 0 Å². The van der Waals surface area contributed by atoms with Gasteiger partial charge in [-0.05, 0) is 6.07 Å². The maximum Gasteiger partial charge on any atom is 0.310 e. The van der Waals surface area contributed by atoms with Crippen LogP contribution in [-0.2, 0) is 4.79 Å². The van der Waals surface area contributed by atoms with E-state index in [1.165, 1.54) is 18.2 Å². The Morgan fingerprint density at radius 1 is 1.47 bits per heavy atom. The lowest BCUT2D eigenvalue weighted by Crippen LogP contribution is -2.15. The molecule has 0 amide bonds. The number of carbonyl (C=O) groups is 1. The number of ketones is 1. The van der Waals surface area contributed by atoms with E-state index in [-0.39, 0.29) is 18.0 Å². The number of nitrogens with zero attached hydrogens (tertiary/aromatic N) is 1. The second kappa shape index (κ2) is 5.06. The number of rotatable bonds is 5. The van der Waals surface area contributed by atoms with Crippen molar-refractivity contribution in [3.63, 3.8) is 0 Å². The highest BCUT2D eigenvalue weighted by molar-refractivity contribution is 5.81. The summed E-state index contributed by atoms with van der Waals surface area (Å²) >= 11 is 0. The van der Waals surface area contributed by atoms with E-state index in [4.69, 9.17) is 9.84 Å². The van der Waals surface area contributed by atoms with Gasteiger partial charge in [0.05, 0.1) is 4.92 Å². The lowest BCUT2D eigenvalue weighted by Gasteiger charge is -2.04. The van der Waals surface area contributed by atoms with Gasteiger partial charge in [0.25, 0.3) is 0 Å². The van der Waals surface area contributed by atoms with Crippen molar-refractivity contribution in [2.24, 2.45) is 0 Å². The molecule has 0 heterocycles. The molecule has 0 saturated heterocycles. The summed E-state index contributed by atoms with van der Waals surface area (Å²) in [6.45, 7) is -1.01. The van der Waals surface area contributed by atoms with Crippen LogP contribution in [-0.4, -0.2) is 29.0 Å². The molecule has 0 fully saturated rings. The molecule has 6 nitrogen and oxygen atoms in total. The summed E-state index contributed by atoms with van der Waals surface area (Å²) in [4.78, 5) is 20.7. The normalized spacial score (nSPS) is 9.67. The van der Waals surface area contributed by atoms with Gasteiger partial charge in [-0.25, -0.2) is 0 Å². The SMILES string of the molecule is O=C(CO)COc1ccccc1[N+](=O)[O-]. The van der Waals surface area contributed by atoms with Gasteiger partial charge in [-0.2, -0.15) is 0 Å². The minimum absolute atomic E-state index is 0.0179. The molecule has 1 rings (SSSR count). The van der Waals surface area contributed by atoms with Crippen molar-refractivity contribution < 1.29 is 19.6 Å². The Labute approximate surface area is 85.2 Å². The van der Waals surface area contributed by atoms with Gasteiger partial charge >= 0.3 is 5.69 Å². The summed E-state index contributed by atoms with van der Waals surface area (Å²) in [5.41, 5.74) is -0.205. The first kappa shape index (κ1) is 11.1. The van der Waals surface area contributed by atoms with E-state index >= 15 is 0 Å². The fraction of sp³-hybridized carbons (Fsp3) is 0.222. The molecule has 0 aromatic heterocycles. The largest absolute Gasteiger partial charge is 0.479 e. The van der Waals surface area contributed by atoms with Crippen molar-refractivity contribution in [3.05, 3.63) is 34.4 Å². The van der Waals surface area contributed by atoms with E-state index in [9.17, 15) is 14.9 Å². The standard InChI is InChI=1S/C9H9NO5/c11-5-7(12)6-15-9-4-2-1-3-8(9)10(13)14/h1-4,11H,5-6H2. The second-order valence-electron chi connectivity index (χ2n) is 2.71. The van der Waals surface area contributed by atoms with Crippen molar-refractivity contribution >= 4 is 11.5 Å². The molecule has 0 saturated carbocycles. The lowest BCUT2D eigenvalue weighted by atomic mass is 10.3. The number of Topliss-reactive ketones (excluding diaryl/α,β-unsaturated/α-hetero) is 1. The Hall–Kier alpha value is -1.95. The third-order valence-corrected chi connectivity index (χ3v) is 1.63. The molecule has 80 valence electrons. The molecule has 0 aliphatic carbocycles. The van der Waals surface area contributed by atoms with Crippen molar-refractivity contribution in [2.75, 3.05) is 13.2 Å². The first-order valence-electron chi connectivity index (χ1n) is 4.14. The number of hydrogen-bond acceptors (Lipinski definition) is 5. The number of benzene rings is 1. The van der Waals surface area contributed by atoms with Gasteiger partial charge in [0.1, 0.15) is 13.2 Å². The molecule has 0 unspecified atom stereocenters. The van der Waals surface area contributed by atoms with E-state index in [2.05, 4.69) is 0 Å². The summed E-state index contributed by atoms with van der Waals surface area (Å²) in [5, 5.41) is 19.0. The van der Waals surface area contributed by atoms with Gasteiger partial charge in [0.15, 0.2) is 11.5 Å². The van der Waals surface area contributed by atoms with Gasteiger partial charge in [-0.3, -0.25) is 14.9 Å². The van der Waals surface area contributed by atoms with Gasteiger partial charge in [-0.1, -0.05) is 12.1 Å². The van der Waals surface area contributed by atoms with E-state index in [1.54, 1.807) is 6.07 Å². The van der Waals surface area contributed by atoms with Gasteiger partial charge in [0.2, 0.25) is 0 Å². The van der Waals surface area contributed by atoms with Crippen LogP contribution in [0.15, 0.2) is 24.3 Å². The van der Waals surface area contributed by atoms with E-state index in [0.29, 0.717) is 0 Å². The third kappa shape index (κ3) is 3.03. The number of hydrogen-bond donors (Lipinski definition) is 1. The zero-order valence-electron chi connectivity index (χ0n) is 7.75. The third-order valence-electron chi connectivity index (χ3n) is 1.63. The monoisotopic (exact) mass is 211 g/mol. The second-order valence-corrected chi connectivity index (χ2v) is 2.71. The number of nitro groups is 1. The molecule has 0 aliphatic heterocycles. The highest BCUT2D eigenvalue weighted by atomic mass is 16.6. The first-order valence-corrected chi connectivity index (χ1v) is 4.14. The van der Waals surface area contributed by atoms with Crippen molar-refractivity contribution in [3.8, 4) is 5.75 Å². The molecular weight excluding hydrogens is 202 g/mol. The molecule has 0 bridgehead atoms. The van der Waals surface area contributed by atoms with Crippen LogP contribution in [0, 0.1) is 10.1 Å². The maximum atomic E-state index is 10.7. The topological polar surface area (TPSA) is 89.7 Å². The molecular formula is C9H9NO5. The molecule has 0 aliphatic rings. The van der Waals surface area contributed by atoms with Crippen LogP contribution in [0.4, 0.5) is 5.69 Å².